The molecule has 1 saturated heterocycles. The van der Waals surface area contributed by atoms with Crippen molar-refractivity contribution in [3.63, 3.8) is 0 Å². The number of imidazole rings is 1. The minimum absolute atomic E-state index is 0.0589. The van der Waals surface area contributed by atoms with Gasteiger partial charge in [-0.25, -0.2) is 14.4 Å². The van der Waals surface area contributed by atoms with Crippen molar-refractivity contribution in [1.29, 1.82) is 0 Å². The van der Waals surface area contributed by atoms with Gasteiger partial charge in [0.05, 0.1) is 17.5 Å². The van der Waals surface area contributed by atoms with Gasteiger partial charge in [0.2, 0.25) is 0 Å². The third-order valence-electron chi connectivity index (χ3n) is 3.91. The third-order valence-corrected chi connectivity index (χ3v) is 4.11. The second-order valence-electron chi connectivity index (χ2n) is 5.48. The summed E-state index contributed by atoms with van der Waals surface area (Å²) >= 11 is 5.74. The summed E-state index contributed by atoms with van der Waals surface area (Å²) in [6.07, 6.45) is 5.34. The number of rotatable bonds is 2. The molecule has 23 heavy (non-hydrogen) atoms. The number of hydrogen-bond acceptors (Lipinski definition) is 4. The van der Waals surface area contributed by atoms with Crippen LogP contribution in [0.25, 0.3) is 0 Å². The maximum atomic E-state index is 14.0. The van der Waals surface area contributed by atoms with Crippen molar-refractivity contribution in [2.24, 2.45) is 7.05 Å². The van der Waals surface area contributed by atoms with Crippen LogP contribution in [0.15, 0.2) is 24.8 Å². The van der Waals surface area contributed by atoms with Gasteiger partial charge in [0.25, 0.3) is 5.91 Å². The molecule has 0 radical (unpaired) electrons. The molecule has 3 heterocycles. The van der Waals surface area contributed by atoms with Crippen LogP contribution in [0, 0.1) is 5.82 Å². The molecule has 0 N–H and O–H groups in total. The van der Waals surface area contributed by atoms with Crippen LogP contribution < -0.4 is 4.90 Å². The molecule has 0 spiro atoms. The van der Waals surface area contributed by atoms with E-state index in [2.05, 4.69) is 9.97 Å². The SMILES string of the molecule is Cn1cncc1C(=O)N1CCCN(c2ncc(Cl)cc2F)CC1. The number of carbonyl (C=O) groups excluding carboxylic acids is 1. The molecule has 6 nitrogen and oxygen atoms in total. The number of anilines is 1. The van der Waals surface area contributed by atoms with E-state index in [1.165, 1.54) is 12.3 Å². The lowest BCUT2D eigenvalue weighted by Crippen LogP contribution is -2.36. The van der Waals surface area contributed by atoms with Crippen LogP contribution in [-0.2, 0) is 7.05 Å². The monoisotopic (exact) mass is 337 g/mol. The molecule has 8 heteroatoms. The fourth-order valence-electron chi connectivity index (χ4n) is 2.70. The lowest BCUT2D eigenvalue weighted by Gasteiger charge is -2.23. The highest BCUT2D eigenvalue weighted by atomic mass is 35.5. The first kappa shape index (κ1) is 15.7. The van der Waals surface area contributed by atoms with Crippen LogP contribution >= 0.6 is 11.6 Å². The molecule has 1 aliphatic rings. The zero-order valence-electron chi connectivity index (χ0n) is 12.7. The molecule has 0 bridgehead atoms. The summed E-state index contributed by atoms with van der Waals surface area (Å²) in [5.74, 6) is -0.218. The van der Waals surface area contributed by atoms with E-state index < -0.39 is 5.82 Å². The molecule has 0 unspecified atom stereocenters. The molecule has 0 aromatic carbocycles. The summed E-state index contributed by atoms with van der Waals surface area (Å²) in [5, 5.41) is 0.272. The normalized spacial score (nSPS) is 15.6. The maximum Gasteiger partial charge on any atom is 0.272 e. The number of pyridine rings is 1. The summed E-state index contributed by atoms with van der Waals surface area (Å²) in [4.78, 5) is 24.2. The number of nitrogens with zero attached hydrogens (tertiary/aromatic N) is 5. The summed E-state index contributed by atoms with van der Waals surface area (Å²) in [6.45, 7) is 2.29. The van der Waals surface area contributed by atoms with Gasteiger partial charge in [-0.2, -0.15) is 0 Å². The number of carbonyl (C=O) groups is 1. The Kier molecular flexibility index (Phi) is 4.47. The summed E-state index contributed by atoms with van der Waals surface area (Å²) in [7, 11) is 1.79. The highest BCUT2D eigenvalue weighted by Gasteiger charge is 2.23. The molecule has 1 fully saturated rings. The Morgan fingerprint density at radius 3 is 2.78 bits per heavy atom. The van der Waals surface area contributed by atoms with Crippen molar-refractivity contribution in [1.82, 2.24) is 19.4 Å². The van der Waals surface area contributed by atoms with Gasteiger partial charge in [0, 0.05) is 39.4 Å². The van der Waals surface area contributed by atoms with Crippen molar-refractivity contribution in [3.8, 4) is 0 Å². The second kappa shape index (κ2) is 6.54. The fourth-order valence-corrected chi connectivity index (χ4v) is 2.84. The van der Waals surface area contributed by atoms with Gasteiger partial charge < -0.3 is 14.4 Å². The van der Waals surface area contributed by atoms with Crippen LogP contribution in [0.1, 0.15) is 16.9 Å². The Hall–Kier alpha value is -2.15. The molecule has 0 atom stereocenters. The first-order valence-corrected chi connectivity index (χ1v) is 7.75. The Balaban J connectivity index is 1.72. The highest BCUT2D eigenvalue weighted by molar-refractivity contribution is 6.30. The lowest BCUT2D eigenvalue weighted by atomic mass is 10.3. The molecule has 0 saturated carbocycles. The van der Waals surface area contributed by atoms with Gasteiger partial charge in [-0.3, -0.25) is 4.79 Å². The minimum Gasteiger partial charge on any atom is -0.352 e. The Morgan fingerprint density at radius 2 is 2.09 bits per heavy atom. The van der Waals surface area contributed by atoms with Gasteiger partial charge >= 0.3 is 0 Å². The van der Waals surface area contributed by atoms with Gasteiger partial charge in [0.1, 0.15) is 5.69 Å². The molecular weight excluding hydrogens is 321 g/mol. The van der Waals surface area contributed by atoms with Gasteiger partial charge in [-0.15, -0.1) is 0 Å². The van der Waals surface area contributed by atoms with Gasteiger partial charge in [-0.1, -0.05) is 11.6 Å². The minimum atomic E-state index is -0.441. The predicted molar refractivity (Wildman–Crippen MR) is 85.1 cm³/mol. The van der Waals surface area contributed by atoms with E-state index in [9.17, 15) is 9.18 Å². The Labute approximate surface area is 138 Å². The van der Waals surface area contributed by atoms with E-state index >= 15 is 0 Å². The van der Waals surface area contributed by atoms with E-state index in [-0.39, 0.29) is 16.7 Å². The van der Waals surface area contributed by atoms with Crippen LogP contribution in [0.2, 0.25) is 5.02 Å². The lowest BCUT2D eigenvalue weighted by molar-refractivity contribution is 0.0757. The maximum absolute atomic E-state index is 14.0. The van der Waals surface area contributed by atoms with Crippen molar-refractivity contribution >= 4 is 23.3 Å². The molecule has 0 aliphatic carbocycles. The van der Waals surface area contributed by atoms with E-state index in [1.54, 1.807) is 29.0 Å². The third kappa shape index (κ3) is 3.29. The Morgan fingerprint density at radius 1 is 1.26 bits per heavy atom. The molecule has 1 aliphatic heterocycles. The fraction of sp³-hybridized carbons (Fsp3) is 0.400. The van der Waals surface area contributed by atoms with E-state index in [1.807, 2.05) is 4.90 Å². The van der Waals surface area contributed by atoms with E-state index in [4.69, 9.17) is 11.6 Å². The topological polar surface area (TPSA) is 54.3 Å². The van der Waals surface area contributed by atoms with Crippen molar-refractivity contribution in [3.05, 3.63) is 41.3 Å². The van der Waals surface area contributed by atoms with Crippen LogP contribution in [-0.4, -0.2) is 51.5 Å². The van der Waals surface area contributed by atoms with Crippen LogP contribution in [0.3, 0.4) is 0 Å². The van der Waals surface area contributed by atoms with Crippen LogP contribution in [0.5, 0.6) is 0 Å². The molecule has 122 valence electrons. The highest BCUT2D eigenvalue weighted by Crippen LogP contribution is 2.21. The van der Waals surface area contributed by atoms with Crippen molar-refractivity contribution < 1.29 is 9.18 Å². The van der Waals surface area contributed by atoms with Crippen LogP contribution in [0.4, 0.5) is 10.2 Å². The van der Waals surface area contributed by atoms with E-state index in [0.717, 1.165) is 6.42 Å². The number of halogens is 2. The van der Waals surface area contributed by atoms with Gasteiger partial charge in [0.15, 0.2) is 11.6 Å². The van der Waals surface area contributed by atoms with Gasteiger partial charge in [-0.05, 0) is 12.5 Å². The first-order valence-electron chi connectivity index (χ1n) is 7.38. The number of aromatic nitrogens is 3. The van der Waals surface area contributed by atoms with Crippen molar-refractivity contribution in [2.75, 3.05) is 31.1 Å². The predicted octanol–water partition coefficient (Wildman–Crippen LogP) is 1.96. The average molecular weight is 338 g/mol. The standard InChI is InChI=1S/C15H17ClFN5O/c1-20-10-18-9-13(20)15(23)22-4-2-3-21(5-6-22)14-12(17)7-11(16)8-19-14/h7-10H,2-6H2,1H3. The first-order chi connectivity index (χ1) is 11.1. The second-order valence-corrected chi connectivity index (χ2v) is 5.92. The van der Waals surface area contributed by atoms with E-state index in [0.29, 0.717) is 31.9 Å². The quantitative estimate of drug-likeness (QED) is 0.840. The largest absolute Gasteiger partial charge is 0.352 e. The number of hydrogen-bond donors (Lipinski definition) is 0. The zero-order valence-corrected chi connectivity index (χ0v) is 13.5. The molecule has 3 rings (SSSR count). The van der Waals surface area contributed by atoms with Crippen molar-refractivity contribution in [2.45, 2.75) is 6.42 Å². The average Bonchev–Trinajstić information content (AvgIpc) is 2.80. The molecular formula is C15H17ClFN5O. The summed E-state index contributed by atoms with van der Waals surface area (Å²) in [6, 6.07) is 1.26. The molecule has 2 aromatic heterocycles. The smallest absolute Gasteiger partial charge is 0.272 e. The number of aryl methyl sites for hydroxylation is 1. The summed E-state index contributed by atoms with van der Waals surface area (Å²) in [5.41, 5.74) is 0.550. The zero-order chi connectivity index (χ0) is 16.4. The number of amides is 1. The molecule has 1 amide bonds. The molecule has 2 aromatic rings. The summed E-state index contributed by atoms with van der Waals surface area (Å²) < 4.78 is 15.7. The Bertz CT molecular complexity index is 720.